The fourth-order valence-corrected chi connectivity index (χ4v) is 5.65. The van der Waals surface area contributed by atoms with Gasteiger partial charge in [0.05, 0.1) is 17.5 Å². The summed E-state index contributed by atoms with van der Waals surface area (Å²) in [6, 6.07) is 7.17. The molecule has 2 aromatic heterocycles. The second kappa shape index (κ2) is 7.60. The summed E-state index contributed by atoms with van der Waals surface area (Å²) in [6.45, 7) is 3.61. The molecule has 0 radical (unpaired) electrons. The number of hydrogen-bond acceptors (Lipinski definition) is 5. The number of anilines is 1. The van der Waals surface area contributed by atoms with Gasteiger partial charge in [0.25, 0.3) is 0 Å². The van der Waals surface area contributed by atoms with Gasteiger partial charge in [-0.25, -0.2) is 4.98 Å². The van der Waals surface area contributed by atoms with Gasteiger partial charge in [-0.05, 0) is 32.8 Å². The molecule has 3 amide bonds. The number of nitrogens with zero attached hydrogens (tertiary/aromatic N) is 2. The monoisotopic (exact) mass is 436 g/mol. The molecule has 5 rings (SSSR count). The third-order valence-electron chi connectivity index (χ3n) is 6.53. The molecule has 3 atom stereocenters. The zero-order valence-corrected chi connectivity index (χ0v) is 18.3. The van der Waals surface area contributed by atoms with E-state index in [0.717, 1.165) is 53.5 Å². The predicted octanol–water partition coefficient (Wildman–Crippen LogP) is 4.10. The van der Waals surface area contributed by atoms with Crippen molar-refractivity contribution in [2.24, 2.45) is 11.8 Å². The number of benzene rings is 1. The molecule has 0 spiro atoms. The normalized spacial score (nSPS) is 22.1. The van der Waals surface area contributed by atoms with E-state index in [1.807, 2.05) is 36.6 Å². The van der Waals surface area contributed by atoms with E-state index in [-0.39, 0.29) is 23.7 Å². The zero-order chi connectivity index (χ0) is 21.7. The molecular weight excluding hydrogens is 412 g/mol. The van der Waals surface area contributed by atoms with E-state index in [9.17, 15) is 14.4 Å². The molecule has 1 saturated carbocycles. The van der Waals surface area contributed by atoms with Crippen LogP contribution in [0.5, 0.6) is 0 Å². The Kier molecular flexibility index (Phi) is 4.89. The summed E-state index contributed by atoms with van der Waals surface area (Å²) < 4.78 is 0. The lowest BCUT2D eigenvalue weighted by Crippen LogP contribution is -2.46. The molecule has 1 aromatic carbocycles. The molecule has 31 heavy (non-hydrogen) atoms. The Morgan fingerprint density at radius 1 is 1.19 bits per heavy atom. The number of fused-ring (bicyclic) bond motifs is 2. The number of carbonyl (C=O) groups is 3. The minimum Gasteiger partial charge on any atom is -0.358 e. The summed E-state index contributed by atoms with van der Waals surface area (Å²) in [7, 11) is 0. The molecule has 1 aliphatic heterocycles. The molecule has 0 bridgehead atoms. The average molecular weight is 437 g/mol. The SMILES string of the molecule is Cc1[nH]c2ccccc2c1-c1csc(NC(=O)C(C)N2C(=O)C3CCCCC3C2=O)n1. The van der Waals surface area contributed by atoms with Gasteiger partial charge in [0, 0.05) is 27.5 Å². The average Bonchev–Trinajstić information content (AvgIpc) is 3.42. The van der Waals surface area contributed by atoms with Crippen molar-refractivity contribution in [3.63, 3.8) is 0 Å². The first-order valence-corrected chi connectivity index (χ1v) is 11.5. The maximum atomic E-state index is 12.9. The molecule has 3 aromatic rings. The maximum Gasteiger partial charge on any atom is 0.249 e. The number of carbonyl (C=O) groups excluding carboxylic acids is 3. The highest BCUT2D eigenvalue weighted by molar-refractivity contribution is 7.14. The lowest BCUT2D eigenvalue weighted by molar-refractivity contribution is -0.146. The zero-order valence-electron chi connectivity index (χ0n) is 17.5. The van der Waals surface area contributed by atoms with Crippen molar-refractivity contribution in [2.75, 3.05) is 5.32 Å². The Morgan fingerprint density at radius 2 is 1.87 bits per heavy atom. The third-order valence-corrected chi connectivity index (χ3v) is 7.28. The molecule has 2 N–H and O–H groups in total. The lowest BCUT2D eigenvalue weighted by atomic mass is 9.81. The largest absolute Gasteiger partial charge is 0.358 e. The van der Waals surface area contributed by atoms with Crippen LogP contribution in [-0.2, 0) is 14.4 Å². The van der Waals surface area contributed by atoms with Crippen LogP contribution in [-0.4, -0.2) is 38.6 Å². The molecule has 7 nitrogen and oxygen atoms in total. The van der Waals surface area contributed by atoms with Crippen LogP contribution in [0.1, 0.15) is 38.3 Å². The van der Waals surface area contributed by atoms with Crippen molar-refractivity contribution in [1.82, 2.24) is 14.9 Å². The van der Waals surface area contributed by atoms with Gasteiger partial charge in [-0.1, -0.05) is 31.0 Å². The number of aromatic amines is 1. The van der Waals surface area contributed by atoms with E-state index < -0.39 is 11.9 Å². The smallest absolute Gasteiger partial charge is 0.249 e. The fraction of sp³-hybridized carbons (Fsp3) is 0.391. The maximum absolute atomic E-state index is 12.9. The molecular formula is C23H24N4O3S. The first-order chi connectivity index (χ1) is 15.0. The number of nitrogens with one attached hydrogen (secondary N) is 2. The number of likely N-dealkylation sites (tertiary alicyclic amines) is 1. The van der Waals surface area contributed by atoms with Crippen LogP contribution >= 0.6 is 11.3 Å². The second-order valence-corrected chi connectivity index (χ2v) is 9.28. The van der Waals surface area contributed by atoms with Crippen molar-refractivity contribution in [3.05, 3.63) is 35.3 Å². The fourth-order valence-electron chi connectivity index (χ4n) is 4.95. The Labute approximate surface area is 183 Å². The molecule has 8 heteroatoms. The highest BCUT2D eigenvalue weighted by Crippen LogP contribution is 2.39. The van der Waals surface area contributed by atoms with Crippen molar-refractivity contribution < 1.29 is 14.4 Å². The number of aryl methyl sites for hydroxylation is 1. The highest BCUT2D eigenvalue weighted by Gasteiger charge is 2.50. The summed E-state index contributed by atoms with van der Waals surface area (Å²) >= 11 is 1.33. The number of aromatic nitrogens is 2. The summed E-state index contributed by atoms with van der Waals surface area (Å²) in [6.07, 6.45) is 3.40. The standard InChI is InChI=1S/C23H24N4O3S/c1-12-19(16-9-5-6-10-17(16)24-12)18-11-31-23(25-18)26-20(28)13(2)27-21(29)14-7-3-4-8-15(14)22(27)30/h5-6,9-11,13-15,24H,3-4,7-8H2,1-2H3,(H,25,26,28). The Bertz CT molecular complexity index is 1170. The van der Waals surface area contributed by atoms with Crippen LogP contribution < -0.4 is 5.32 Å². The molecule has 3 unspecified atom stereocenters. The van der Waals surface area contributed by atoms with Crippen LogP contribution in [0.3, 0.4) is 0 Å². The van der Waals surface area contributed by atoms with Gasteiger partial charge in [-0.15, -0.1) is 11.3 Å². The van der Waals surface area contributed by atoms with Gasteiger partial charge < -0.3 is 10.3 Å². The van der Waals surface area contributed by atoms with E-state index in [1.54, 1.807) is 6.92 Å². The number of H-pyrrole nitrogens is 1. The second-order valence-electron chi connectivity index (χ2n) is 8.42. The Balaban J connectivity index is 1.34. The van der Waals surface area contributed by atoms with Gasteiger partial charge in [-0.2, -0.15) is 0 Å². The number of para-hydroxylation sites is 1. The van der Waals surface area contributed by atoms with E-state index in [2.05, 4.69) is 15.3 Å². The van der Waals surface area contributed by atoms with E-state index in [0.29, 0.717) is 5.13 Å². The topological polar surface area (TPSA) is 95.2 Å². The number of rotatable bonds is 4. The van der Waals surface area contributed by atoms with Gasteiger partial charge in [0.1, 0.15) is 6.04 Å². The molecule has 2 aliphatic rings. The number of thiazole rings is 1. The van der Waals surface area contributed by atoms with Crippen molar-refractivity contribution in [3.8, 4) is 11.3 Å². The Hall–Kier alpha value is -3.00. The first-order valence-electron chi connectivity index (χ1n) is 10.7. The number of imide groups is 1. The van der Waals surface area contributed by atoms with Crippen molar-refractivity contribution in [2.45, 2.75) is 45.6 Å². The van der Waals surface area contributed by atoms with Crippen LogP contribution in [0.2, 0.25) is 0 Å². The van der Waals surface area contributed by atoms with Crippen LogP contribution in [0.4, 0.5) is 5.13 Å². The van der Waals surface area contributed by atoms with E-state index >= 15 is 0 Å². The van der Waals surface area contributed by atoms with Crippen LogP contribution in [0, 0.1) is 18.8 Å². The highest BCUT2D eigenvalue weighted by atomic mass is 32.1. The molecule has 160 valence electrons. The molecule has 2 fully saturated rings. The van der Waals surface area contributed by atoms with Gasteiger partial charge in [-0.3, -0.25) is 19.3 Å². The van der Waals surface area contributed by atoms with E-state index in [1.165, 1.54) is 16.2 Å². The molecule has 1 saturated heterocycles. The van der Waals surface area contributed by atoms with Crippen molar-refractivity contribution in [1.29, 1.82) is 0 Å². The molecule has 3 heterocycles. The lowest BCUT2D eigenvalue weighted by Gasteiger charge is -2.21. The summed E-state index contributed by atoms with van der Waals surface area (Å²) in [5, 5.41) is 6.24. The number of amides is 3. The van der Waals surface area contributed by atoms with Crippen LogP contribution in [0.25, 0.3) is 22.2 Å². The van der Waals surface area contributed by atoms with Gasteiger partial charge in [0.15, 0.2) is 5.13 Å². The van der Waals surface area contributed by atoms with Gasteiger partial charge >= 0.3 is 0 Å². The summed E-state index contributed by atoms with van der Waals surface area (Å²) in [4.78, 5) is 47.6. The summed E-state index contributed by atoms with van der Waals surface area (Å²) in [5.41, 5.74) is 3.83. The quantitative estimate of drug-likeness (QED) is 0.602. The minimum absolute atomic E-state index is 0.202. The van der Waals surface area contributed by atoms with E-state index in [4.69, 9.17) is 0 Å². The number of hydrogen-bond donors (Lipinski definition) is 2. The van der Waals surface area contributed by atoms with Crippen LogP contribution in [0.15, 0.2) is 29.6 Å². The minimum atomic E-state index is -0.854. The van der Waals surface area contributed by atoms with Crippen molar-refractivity contribution >= 4 is 45.1 Å². The third kappa shape index (κ3) is 3.26. The first kappa shape index (κ1) is 19.9. The predicted molar refractivity (Wildman–Crippen MR) is 120 cm³/mol. The van der Waals surface area contributed by atoms with Gasteiger partial charge in [0.2, 0.25) is 17.7 Å². The summed E-state index contributed by atoms with van der Waals surface area (Å²) in [5.74, 6) is -1.31. The molecule has 1 aliphatic carbocycles. The Morgan fingerprint density at radius 3 is 2.58 bits per heavy atom.